The summed E-state index contributed by atoms with van der Waals surface area (Å²) in [4.78, 5) is 9.81. The molecule has 0 aliphatic rings. The number of nitrogens with one attached hydrogen (secondary N) is 1. The van der Waals surface area contributed by atoms with Crippen LogP contribution in [0.15, 0.2) is 6.07 Å². The Morgan fingerprint density at radius 3 is 2.17 bits per heavy atom. The Balaban J connectivity index is 0.000000217. The molecule has 0 fully saturated rings. The third-order valence-corrected chi connectivity index (χ3v) is 1.33. The number of hydrogen-bond donors (Lipinski definition) is 1. The predicted octanol–water partition coefficient (Wildman–Crippen LogP) is 2.01. The van der Waals surface area contributed by atoms with Crippen LogP contribution in [0.1, 0.15) is 31.7 Å². The highest BCUT2D eigenvalue weighted by Gasteiger charge is 1.84. The zero-order valence-corrected chi connectivity index (χ0v) is 8.14. The van der Waals surface area contributed by atoms with Crippen molar-refractivity contribution in [2.24, 2.45) is 0 Å². The Hall–Kier alpha value is -1.12. The van der Waals surface area contributed by atoms with Crippen molar-refractivity contribution in [3.63, 3.8) is 0 Å². The summed E-state index contributed by atoms with van der Waals surface area (Å²) >= 11 is 0. The fourth-order valence-electron chi connectivity index (χ4n) is 0.554. The van der Waals surface area contributed by atoms with E-state index >= 15 is 0 Å². The largest absolute Gasteiger partial charge is 0.300 e. The molecule has 1 heterocycles. The van der Waals surface area contributed by atoms with Crippen molar-refractivity contribution >= 4 is 5.78 Å². The van der Waals surface area contributed by atoms with E-state index in [1.807, 2.05) is 26.8 Å². The summed E-state index contributed by atoms with van der Waals surface area (Å²) in [6.07, 6.45) is 0.667. The molecule has 0 saturated carbocycles. The number of aromatic nitrogens is 2. The molecule has 0 atom stereocenters. The molecule has 1 N–H and O–H groups in total. The lowest BCUT2D eigenvalue weighted by Crippen LogP contribution is -1.80. The topological polar surface area (TPSA) is 45.8 Å². The number of aryl methyl sites for hydroxylation is 2. The second kappa shape index (κ2) is 5.52. The number of rotatable bonds is 1. The second-order valence-electron chi connectivity index (χ2n) is 2.75. The molecule has 1 aromatic heterocycles. The van der Waals surface area contributed by atoms with Gasteiger partial charge in [0.05, 0.1) is 5.69 Å². The Labute approximate surface area is 73.2 Å². The van der Waals surface area contributed by atoms with E-state index in [1.165, 1.54) is 0 Å². The first-order valence-corrected chi connectivity index (χ1v) is 4.04. The zero-order chi connectivity index (χ0) is 9.56. The van der Waals surface area contributed by atoms with Crippen LogP contribution in [0.4, 0.5) is 0 Å². The van der Waals surface area contributed by atoms with Gasteiger partial charge in [-0.1, -0.05) is 6.92 Å². The summed E-state index contributed by atoms with van der Waals surface area (Å²) in [5.41, 5.74) is 2.18. The van der Waals surface area contributed by atoms with E-state index in [0.717, 1.165) is 11.4 Å². The molecule has 0 unspecified atom stereocenters. The minimum absolute atomic E-state index is 0.255. The number of Topliss-reactive ketones (excluding diaryl/α,β-unsaturated/α-hetero) is 1. The lowest BCUT2D eigenvalue weighted by molar-refractivity contribution is -0.116. The van der Waals surface area contributed by atoms with Gasteiger partial charge in [-0.2, -0.15) is 5.10 Å². The molecule has 1 aromatic rings. The van der Waals surface area contributed by atoms with Gasteiger partial charge in [0.1, 0.15) is 5.78 Å². The van der Waals surface area contributed by atoms with E-state index < -0.39 is 0 Å². The number of aromatic amines is 1. The van der Waals surface area contributed by atoms with Crippen LogP contribution in [0, 0.1) is 13.8 Å². The highest BCUT2D eigenvalue weighted by molar-refractivity contribution is 5.74. The van der Waals surface area contributed by atoms with Crippen LogP contribution in [0.2, 0.25) is 0 Å². The summed E-state index contributed by atoms with van der Waals surface area (Å²) in [6.45, 7) is 7.38. The lowest BCUT2D eigenvalue weighted by Gasteiger charge is -1.71. The van der Waals surface area contributed by atoms with Gasteiger partial charge in [-0.3, -0.25) is 5.10 Å². The molecular formula is C9H16N2O. The van der Waals surface area contributed by atoms with Crippen LogP contribution in [-0.2, 0) is 4.79 Å². The molecule has 0 aliphatic heterocycles. The van der Waals surface area contributed by atoms with E-state index in [-0.39, 0.29) is 5.78 Å². The van der Waals surface area contributed by atoms with Crippen LogP contribution in [0.5, 0.6) is 0 Å². The summed E-state index contributed by atoms with van der Waals surface area (Å²) < 4.78 is 0. The minimum atomic E-state index is 0.255. The first-order valence-electron chi connectivity index (χ1n) is 4.04. The number of carbonyl (C=O) groups excluding carboxylic acids is 1. The van der Waals surface area contributed by atoms with E-state index in [1.54, 1.807) is 6.92 Å². The smallest absolute Gasteiger partial charge is 0.129 e. The Morgan fingerprint density at radius 1 is 1.58 bits per heavy atom. The molecule has 0 saturated heterocycles. The Morgan fingerprint density at radius 2 is 2.08 bits per heavy atom. The molecule has 68 valence electrons. The standard InChI is InChI=1S/C5H8N2.C4H8O/c1-4-3-5(2)7-6-4;1-3-4(2)5/h3H,1-2H3,(H,6,7);3H2,1-2H3. The van der Waals surface area contributed by atoms with Gasteiger partial charge < -0.3 is 4.79 Å². The SMILES string of the molecule is CCC(C)=O.Cc1cc(C)[nH]n1. The molecule has 0 radical (unpaired) electrons. The third kappa shape index (κ3) is 5.65. The van der Waals surface area contributed by atoms with Crippen LogP contribution in [0.3, 0.4) is 0 Å². The van der Waals surface area contributed by atoms with Crippen molar-refractivity contribution in [3.8, 4) is 0 Å². The first kappa shape index (κ1) is 10.9. The van der Waals surface area contributed by atoms with Crippen molar-refractivity contribution in [1.82, 2.24) is 10.2 Å². The average Bonchev–Trinajstić information content (AvgIpc) is 2.36. The van der Waals surface area contributed by atoms with Gasteiger partial charge in [0.15, 0.2) is 0 Å². The Kier molecular flexibility index (Phi) is 5.00. The van der Waals surface area contributed by atoms with Crippen molar-refractivity contribution < 1.29 is 4.79 Å². The summed E-state index contributed by atoms with van der Waals surface area (Å²) in [5.74, 6) is 0.255. The molecule has 0 aliphatic carbocycles. The molecule has 12 heavy (non-hydrogen) atoms. The van der Waals surface area contributed by atoms with Crippen LogP contribution < -0.4 is 0 Å². The van der Waals surface area contributed by atoms with Gasteiger partial charge in [0, 0.05) is 12.1 Å². The van der Waals surface area contributed by atoms with E-state index in [0.29, 0.717) is 6.42 Å². The summed E-state index contributed by atoms with van der Waals surface area (Å²) in [5, 5.41) is 6.71. The van der Waals surface area contributed by atoms with Gasteiger partial charge in [0.2, 0.25) is 0 Å². The number of nitrogens with zero attached hydrogens (tertiary/aromatic N) is 1. The van der Waals surface area contributed by atoms with Crippen molar-refractivity contribution in [3.05, 3.63) is 17.5 Å². The van der Waals surface area contributed by atoms with Crippen LogP contribution in [-0.4, -0.2) is 16.0 Å². The van der Waals surface area contributed by atoms with Crippen molar-refractivity contribution in [1.29, 1.82) is 0 Å². The van der Waals surface area contributed by atoms with Gasteiger partial charge >= 0.3 is 0 Å². The van der Waals surface area contributed by atoms with Crippen LogP contribution in [0.25, 0.3) is 0 Å². The van der Waals surface area contributed by atoms with E-state index in [4.69, 9.17) is 0 Å². The fraction of sp³-hybridized carbons (Fsp3) is 0.556. The zero-order valence-electron chi connectivity index (χ0n) is 8.14. The maximum Gasteiger partial charge on any atom is 0.129 e. The molecule has 3 heteroatoms. The molecule has 1 rings (SSSR count). The van der Waals surface area contributed by atoms with Gasteiger partial charge in [-0.15, -0.1) is 0 Å². The van der Waals surface area contributed by atoms with Crippen molar-refractivity contribution in [2.75, 3.05) is 0 Å². The molecule has 0 aromatic carbocycles. The minimum Gasteiger partial charge on any atom is -0.300 e. The maximum absolute atomic E-state index is 9.81. The van der Waals surface area contributed by atoms with Crippen LogP contribution >= 0.6 is 0 Å². The highest BCUT2D eigenvalue weighted by Crippen LogP contribution is 1.92. The average molecular weight is 168 g/mol. The fourth-order valence-corrected chi connectivity index (χ4v) is 0.554. The molecule has 0 bridgehead atoms. The van der Waals surface area contributed by atoms with Gasteiger partial charge in [-0.05, 0) is 26.8 Å². The molecule has 0 amide bonds. The van der Waals surface area contributed by atoms with Gasteiger partial charge in [0.25, 0.3) is 0 Å². The van der Waals surface area contributed by atoms with Crippen molar-refractivity contribution in [2.45, 2.75) is 34.1 Å². The summed E-state index contributed by atoms with van der Waals surface area (Å²) in [6, 6.07) is 2.00. The van der Waals surface area contributed by atoms with E-state index in [2.05, 4.69) is 10.2 Å². The summed E-state index contributed by atoms with van der Waals surface area (Å²) in [7, 11) is 0. The predicted molar refractivity (Wildman–Crippen MR) is 49.0 cm³/mol. The molecule has 0 spiro atoms. The third-order valence-electron chi connectivity index (χ3n) is 1.33. The maximum atomic E-state index is 9.81. The number of carbonyl (C=O) groups is 1. The number of hydrogen-bond acceptors (Lipinski definition) is 2. The second-order valence-corrected chi connectivity index (χ2v) is 2.75. The lowest BCUT2D eigenvalue weighted by atomic mass is 10.4. The first-order chi connectivity index (χ1) is 5.56. The highest BCUT2D eigenvalue weighted by atomic mass is 16.1. The Bertz CT molecular complexity index is 224. The number of ketones is 1. The molecule has 3 nitrogen and oxygen atoms in total. The quantitative estimate of drug-likeness (QED) is 0.697. The number of H-pyrrole nitrogens is 1. The molecular weight excluding hydrogens is 152 g/mol. The van der Waals surface area contributed by atoms with E-state index in [9.17, 15) is 4.79 Å². The monoisotopic (exact) mass is 168 g/mol. The normalized spacial score (nSPS) is 8.67. The van der Waals surface area contributed by atoms with Gasteiger partial charge in [-0.25, -0.2) is 0 Å².